The molecule has 7 atom stereocenters. The first-order valence-corrected chi connectivity index (χ1v) is 11.2. The average Bonchev–Trinajstić information content (AvgIpc) is 3.13. The van der Waals surface area contributed by atoms with Crippen LogP contribution in [0.25, 0.3) is 6.08 Å². The van der Waals surface area contributed by atoms with Crippen molar-refractivity contribution in [3.63, 3.8) is 0 Å². The molecule has 1 aromatic rings. The molecule has 0 spiro atoms. The predicted molar refractivity (Wildman–Crippen MR) is 110 cm³/mol. The Balaban J connectivity index is 1.28. The summed E-state index contributed by atoms with van der Waals surface area (Å²) in [6.45, 7) is 6.18. The zero-order chi connectivity index (χ0) is 17.7. The van der Waals surface area contributed by atoms with Crippen molar-refractivity contribution in [3.05, 3.63) is 41.0 Å². The summed E-state index contributed by atoms with van der Waals surface area (Å²) < 4.78 is 0. The van der Waals surface area contributed by atoms with Gasteiger partial charge in [0.25, 0.3) is 0 Å². The molecule has 26 heavy (non-hydrogen) atoms. The molecule has 2 saturated carbocycles. The van der Waals surface area contributed by atoms with E-state index in [1.54, 1.807) is 11.1 Å². The minimum absolute atomic E-state index is 0.682. The Hall–Kier alpha value is -1.08. The largest absolute Gasteiger partial charge is 0.314 e. The molecule has 140 valence electrons. The summed E-state index contributed by atoms with van der Waals surface area (Å²) in [5.41, 5.74) is 4.65. The highest BCUT2D eigenvalue weighted by molar-refractivity contribution is 5.65. The van der Waals surface area contributed by atoms with Crippen LogP contribution in [-0.4, -0.2) is 12.6 Å². The van der Waals surface area contributed by atoms with Gasteiger partial charge in [-0.25, -0.2) is 0 Å². The Morgan fingerprint density at radius 1 is 1.04 bits per heavy atom. The Labute approximate surface area is 159 Å². The molecule has 1 aromatic carbocycles. The summed E-state index contributed by atoms with van der Waals surface area (Å²) in [7, 11) is 0. The van der Waals surface area contributed by atoms with Crippen LogP contribution in [0.3, 0.4) is 0 Å². The van der Waals surface area contributed by atoms with Crippen molar-refractivity contribution in [1.29, 1.82) is 0 Å². The molecule has 3 fully saturated rings. The molecule has 5 rings (SSSR count). The van der Waals surface area contributed by atoms with E-state index >= 15 is 0 Å². The van der Waals surface area contributed by atoms with Crippen molar-refractivity contribution >= 4 is 6.08 Å². The van der Waals surface area contributed by atoms with Crippen molar-refractivity contribution in [1.82, 2.24) is 5.32 Å². The highest BCUT2D eigenvalue weighted by Gasteiger charge is 2.47. The quantitative estimate of drug-likeness (QED) is 0.704. The lowest BCUT2D eigenvalue weighted by molar-refractivity contribution is 0.103. The molecule has 1 heterocycles. The van der Waals surface area contributed by atoms with Crippen LogP contribution >= 0.6 is 0 Å². The molecule has 1 saturated heterocycles. The molecular formula is C25H35N. The number of rotatable bonds is 3. The monoisotopic (exact) mass is 349 g/mol. The van der Waals surface area contributed by atoms with E-state index in [-0.39, 0.29) is 0 Å². The van der Waals surface area contributed by atoms with Crippen LogP contribution in [0, 0.1) is 29.6 Å². The second-order valence-electron chi connectivity index (χ2n) is 9.88. The summed E-state index contributed by atoms with van der Waals surface area (Å²) in [5, 5.41) is 3.88. The summed E-state index contributed by atoms with van der Waals surface area (Å²) in [6, 6.07) is 9.91. The van der Waals surface area contributed by atoms with Gasteiger partial charge in [-0.05, 0) is 99.1 Å². The summed E-state index contributed by atoms with van der Waals surface area (Å²) in [5.74, 6) is 5.60. The first-order valence-electron chi connectivity index (χ1n) is 11.2. The smallest absolute Gasteiger partial charge is 0.00982 e. The highest BCUT2D eigenvalue weighted by atomic mass is 14.9. The zero-order valence-electron chi connectivity index (χ0n) is 16.6. The van der Waals surface area contributed by atoms with Gasteiger partial charge in [0.1, 0.15) is 0 Å². The van der Waals surface area contributed by atoms with Gasteiger partial charge >= 0.3 is 0 Å². The molecule has 0 aromatic heterocycles. The van der Waals surface area contributed by atoms with Crippen LogP contribution in [0.2, 0.25) is 0 Å². The highest BCUT2D eigenvalue weighted by Crippen LogP contribution is 2.54. The topological polar surface area (TPSA) is 12.0 Å². The maximum Gasteiger partial charge on any atom is 0.00982 e. The van der Waals surface area contributed by atoms with Gasteiger partial charge < -0.3 is 5.32 Å². The number of nitrogens with one attached hydrogen (secondary N) is 1. The third kappa shape index (κ3) is 2.87. The van der Waals surface area contributed by atoms with E-state index in [1.807, 2.05) is 0 Å². The Morgan fingerprint density at radius 2 is 1.92 bits per heavy atom. The van der Waals surface area contributed by atoms with E-state index in [4.69, 9.17) is 0 Å². The van der Waals surface area contributed by atoms with Crippen LogP contribution in [0.5, 0.6) is 0 Å². The van der Waals surface area contributed by atoms with Crippen molar-refractivity contribution in [3.8, 4) is 0 Å². The van der Waals surface area contributed by atoms with Gasteiger partial charge in [0.15, 0.2) is 0 Å². The van der Waals surface area contributed by atoms with Crippen LogP contribution in [0.4, 0.5) is 0 Å². The van der Waals surface area contributed by atoms with E-state index in [9.17, 15) is 0 Å². The fourth-order valence-electron chi connectivity index (χ4n) is 7.29. The zero-order valence-corrected chi connectivity index (χ0v) is 16.6. The fourth-order valence-corrected chi connectivity index (χ4v) is 7.29. The number of allylic oxidation sites excluding steroid dienone is 1. The van der Waals surface area contributed by atoms with Crippen molar-refractivity contribution in [2.75, 3.05) is 6.54 Å². The lowest BCUT2D eigenvalue weighted by Gasteiger charge is -2.43. The minimum atomic E-state index is 0.682. The van der Waals surface area contributed by atoms with Gasteiger partial charge in [-0.1, -0.05) is 42.8 Å². The van der Waals surface area contributed by atoms with E-state index in [2.05, 4.69) is 49.5 Å². The maximum atomic E-state index is 3.88. The number of piperidine rings is 1. The lowest BCUT2D eigenvalue weighted by atomic mass is 9.67. The summed E-state index contributed by atoms with van der Waals surface area (Å²) >= 11 is 0. The molecule has 7 unspecified atom stereocenters. The van der Waals surface area contributed by atoms with Crippen LogP contribution in [-0.2, 0) is 0 Å². The van der Waals surface area contributed by atoms with Crippen molar-refractivity contribution in [2.24, 2.45) is 29.6 Å². The van der Waals surface area contributed by atoms with E-state index < -0.39 is 0 Å². The van der Waals surface area contributed by atoms with E-state index in [0.29, 0.717) is 5.92 Å². The number of benzene rings is 1. The summed E-state index contributed by atoms with van der Waals surface area (Å²) in [6.07, 6.45) is 12.6. The molecule has 1 N–H and O–H groups in total. The van der Waals surface area contributed by atoms with Crippen LogP contribution in [0.1, 0.15) is 75.8 Å². The Morgan fingerprint density at radius 3 is 2.85 bits per heavy atom. The average molecular weight is 350 g/mol. The second kappa shape index (κ2) is 6.82. The molecule has 1 nitrogen and oxygen atoms in total. The van der Waals surface area contributed by atoms with Gasteiger partial charge in [0.2, 0.25) is 0 Å². The van der Waals surface area contributed by atoms with E-state index in [0.717, 1.165) is 35.6 Å². The van der Waals surface area contributed by atoms with Gasteiger partial charge in [0, 0.05) is 12.0 Å². The third-order valence-electron chi connectivity index (χ3n) is 8.51. The third-order valence-corrected chi connectivity index (χ3v) is 8.51. The molecule has 0 amide bonds. The Bertz CT molecular complexity index is 689. The first kappa shape index (κ1) is 17.0. The molecule has 4 aliphatic rings. The van der Waals surface area contributed by atoms with Gasteiger partial charge in [-0.15, -0.1) is 0 Å². The second-order valence-corrected chi connectivity index (χ2v) is 9.88. The van der Waals surface area contributed by atoms with Crippen molar-refractivity contribution < 1.29 is 0 Å². The van der Waals surface area contributed by atoms with Gasteiger partial charge in [0.05, 0.1) is 0 Å². The molecule has 3 aliphatic carbocycles. The minimum Gasteiger partial charge on any atom is -0.314 e. The van der Waals surface area contributed by atoms with Crippen LogP contribution in [0.15, 0.2) is 29.8 Å². The van der Waals surface area contributed by atoms with Crippen molar-refractivity contribution in [2.45, 2.75) is 70.8 Å². The number of fused-ring (bicyclic) bond motifs is 3. The van der Waals surface area contributed by atoms with Gasteiger partial charge in [-0.3, -0.25) is 0 Å². The fraction of sp³-hybridized carbons (Fsp3) is 0.680. The molecule has 1 heteroatoms. The summed E-state index contributed by atoms with van der Waals surface area (Å²) in [4.78, 5) is 0. The normalized spacial score (nSPS) is 41.3. The van der Waals surface area contributed by atoms with Gasteiger partial charge in [-0.2, -0.15) is 0 Å². The SMILES string of the molecule is CC1=Cc2ccccc2C1CCC1C(C)CC2CC3CCCNC3CC21. The predicted octanol–water partition coefficient (Wildman–Crippen LogP) is 6.02. The standard InChI is InChI=1S/C25H35N/c1-16-12-18-6-3-4-8-23(18)21(16)9-10-22-17(2)13-20-14-19-7-5-11-26-25(19)15-24(20)22/h3-4,6,8,12,17,19-22,24-26H,5,7,9-11,13-15H2,1-2H3. The van der Waals surface area contributed by atoms with Crippen LogP contribution < -0.4 is 5.32 Å². The lowest BCUT2D eigenvalue weighted by Crippen LogP contribution is -2.47. The molecule has 1 aliphatic heterocycles. The maximum absolute atomic E-state index is 3.88. The Kier molecular flexibility index (Phi) is 4.47. The number of hydrogen-bond acceptors (Lipinski definition) is 1. The molecule has 0 bridgehead atoms. The number of hydrogen-bond donors (Lipinski definition) is 1. The molecular weight excluding hydrogens is 314 g/mol. The molecule has 0 radical (unpaired) electrons. The van der Waals surface area contributed by atoms with E-state index in [1.165, 1.54) is 57.1 Å². The first-order chi connectivity index (χ1) is 12.7.